The number of nitrogens with one attached hydrogen (secondary N) is 1. The Morgan fingerprint density at radius 2 is 1.92 bits per heavy atom. The maximum absolute atomic E-state index is 12.2. The van der Waals surface area contributed by atoms with Gasteiger partial charge in [0.25, 0.3) is 5.91 Å². The van der Waals surface area contributed by atoms with E-state index < -0.39 is 0 Å². The second-order valence-corrected chi connectivity index (χ2v) is 6.36. The zero-order valence-corrected chi connectivity index (χ0v) is 15.3. The van der Waals surface area contributed by atoms with Crippen LogP contribution in [-0.2, 0) is 11.3 Å². The van der Waals surface area contributed by atoms with E-state index in [1.54, 1.807) is 54.4 Å². The average Bonchev–Trinajstić information content (AvgIpc) is 2.65. The van der Waals surface area contributed by atoms with Crippen molar-refractivity contribution >= 4 is 23.4 Å². The molecule has 0 aromatic heterocycles. The topological polar surface area (TPSA) is 73.2 Å². The lowest BCUT2D eigenvalue weighted by atomic mass is 10.1. The number of hydrogen-bond acceptors (Lipinski definition) is 3. The summed E-state index contributed by atoms with van der Waals surface area (Å²) in [5.74, 6) is -0.191. The summed E-state index contributed by atoms with van der Waals surface area (Å²) in [7, 11) is 1.73. The number of nitriles is 1. The first-order valence-electron chi connectivity index (χ1n) is 8.26. The van der Waals surface area contributed by atoms with Gasteiger partial charge in [0, 0.05) is 37.1 Å². The van der Waals surface area contributed by atoms with Crippen molar-refractivity contribution < 1.29 is 9.59 Å². The molecule has 0 saturated carbocycles. The van der Waals surface area contributed by atoms with E-state index >= 15 is 0 Å². The highest BCUT2D eigenvalue weighted by Gasteiger charge is 2.10. The summed E-state index contributed by atoms with van der Waals surface area (Å²) >= 11 is 5.79. The fourth-order valence-electron chi connectivity index (χ4n) is 2.44. The number of amides is 2. The monoisotopic (exact) mass is 369 g/mol. The van der Waals surface area contributed by atoms with E-state index in [-0.39, 0.29) is 11.8 Å². The first kappa shape index (κ1) is 19.5. The Bertz CT molecular complexity index is 813. The summed E-state index contributed by atoms with van der Waals surface area (Å²) in [5.41, 5.74) is 2.03. The molecule has 0 saturated heterocycles. The highest BCUT2D eigenvalue weighted by Crippen LogP contribution is 2.10. The van der Waals surface area contributed by atoms with Crippen molar-refractivity contribution in [2.45, 2.75) is 19.4 Å². The largest absolute Gasteiger partial charge is 0.352 e. The fourth-order valence-corrected chi connectivity index (χ4v) is 2.56. The molecule has 0 radical (unpaired) electrons. The molecular formula is C20H20ClN3O2. The van der Waals surface area contributed by atoms with Gasteiger partial charge in [0.1, 0.15) is 0 Å². The molecule has 0 unspecified atom stereocenters. The molecule has 0 aliphatic carbocycles. The molecular weight excluding hydrogens is 350 g/mol. The predicted molar refractivity (Wildman–Crippen MR) is 101 cm³/mol. The molecule has 134 valence electrons. The molecule has 0 aliphatic rings. The van der Waals surface area contributed by atoms with E-state index in [0.717, 1.165) is 5.56 Å². The maximum atomic E-state index is 12.2. The molecule has 0 spiro atoms. The molecule has 0 bridgehead atoms. The summed E-state index contributed by atoms with van der Waals surface area (Å²) in [5, 5.41) is 12.3. The predicted octanol–water partition coefficient (Wildman–Crippen LogP) is 3.38. The lowest BCUT2D eigenvalue weighted by molar-refractivity contribution is -0.130. The minimum absolute atomic E-state index is 0.00639. The van der Waals surface area contributed by atoms with Crippen molar-refractivity contribution in [3.63, 3.8) is 0 Å². The zero-order chi connectivity index (χ0) is 18.9. The number of rotatable bonds is 7. The van der Waals surface area contributed by atoms with Crippen LogP contribution in [0.15, 0.2) is 48.5 Å². The van der Waals surface area contributed by atoms with E-state index in [4.69, 9.17) is 16.9 Å². The van der Waals surface area contributed by atoms with Gasteiger partial charge in [-0.05, 0) is 48.4 Å². The van der Waals surface area contributed by atoms with Gasteiger partial charge in [-0.2, -0.15) is 5.26 Å². The molecule has 0 atom stereocenters. The minimum Gasteiger partial charge on any atom is -0.352 e. The third-order valence-corrected chi connectivity index (χ3v) is 4.11. The number of carbonyl (C=O) groups is 2. The van der Waals surface area contributed by atoms with Crippen LogP contribution in [0.25, 0.3) is 0 Å². The quantitative estimate of drug-likeness (QED) is 0.760. The molecule has 0 aliphatic heterocycles. The fraction of sp³-hybridized carbons (Fsp3) is 0.250. The van der Waals surface area contributed by atoms with E-state index in [1.807, 2.05) is 6.07 Å². The van der Waals surface area contributed by atoms with Crippen LogP contribution in [-0.4, -0.2) is 30.3 Å². The Labute approximate surface area is 158 Å². The van der Waals surface area contributed by atoms with Gasteiger partial charge in [0.15, 0.2) is 0 Å². The average molecular weight is 370 g/mol. The van der Waals surface area contributed by atoms with Crippen LogP contribution in [0.5, 0.6) is 0 Å². The van der Waals surface area contributed by atoms with Crippen molar-refractivity contribution in [2.24, 2.45) is 0 Å². The molecule has 5 nitrogen and oxygen atoms in total. The second kappa shape index (κ2) is 9.59. The van der Waals surface area contributed by atoms with Crippen molar-refractivity contribution in [3.8, 4) is 6.07 Å². The molecule has 1 N–H and O–H groups in total. The van der Waals surface area contributed by atoms with Gasteiger partial charge in [0.2, 0.25) is 5.91 Å². The minimum atomic E-state index is -0.184. The Morgan fingerprint density at radius 3 is 2.62 bits per heavy atom. The summed E-state index contributed by atoms with van der Waals surface area (Å²) in [4.78, 5) is 25.8. The van der Waals surface area contributed by atoms with Gasteiger partial charge < -0.3 is 10.2 Å². The van der Waals surface area contributed by atoms with Crippen LogP contribution < -0.4 is 5.32 Å². The number of hydrogen-bond donors (Lipinski definition) is 1. The second-order valence-electron chi connectivity index (χ2n) is 5.93. The summed E-state index contributed by atoms with van der Waals surface area (Å²) in [6, 6.07) is 15.9. The molecule has 26 heavy (non-hydrogen) atoms. The smallest absolute Gasteiger partial charge is 0.251 e. The normalized spacial score (nSPS) is 10.0. The number of benzene rings is 2. The summed E-state index contributed by atoms with van der Waals surface area (Å²) < 4.78 is 0. The van der Waals surface area contributed by atoms with Crippen molar-refractivity contribution in [1.29, 1.82) is 5.26 Å². The van der Waals surface area contributed by atoms with Gasteiger partial charge >= 0.3 is 0 Å². The number of carbonyl (C=O) groups excluding carboxylic acids is 2. The number of halogens is 1. The van der Waals surface area contributed by atoms with Gasteiger partial charge in [0.05, 0.1) is 11.6 Å². The van der Waals surface area contributed by atoms with Crippen molar-refractivity contribution in [1.82, 2.24) is 10.2 Å². The molecule has 0 fully saturated rings. The van der Waals surface area contributed by atoms with Crippen molar-refractivity contribution in [3.05, 3.63) is 70.2 Å². The molecule has 0 heterocycles. The van der Waals surface area contributed by atoms with Crippen LogP contribution >= 0.6 is 11.6 Å². The third-order valence-electron chi connectivity index (χ3n) is 3.86. The van der Waals surface area contributed by atoms with Crippen LogP contribution in [0.4, 0.5) is 0 Å². The lowest BCUT2D eigenvalue weighted by Crippen LogP contribution is -2.28. The van der Waals surface area contributed by atoms with E-state index in [0.29, 0.717) is 42.1 Å². The SMILES string of the molecule is CN(Cc1cccc(C#N)c1)C(=O)CCCNC(=O)c1ccc(Cl)cc1. The molecule has 6 heteroatoms. The van der Waals surface area contributed by atoms with Gasteiger partial charge in [-0.15, -0.1) is 0 Å². The standard InChI is InChI=1S/C20H20ClN3O2/c1-24(14-16-5-2-4-15(12-16)13-22)19(25)6-3-11-23-20(26)17-7-9-18(21)10-8-17/h2,4-5,7-10,12H,3,6,11,14H2,1H3,(H,23,26). The van der Waals surface area contributed by atoms with Crippen LogP contribution in [0.2, 0.25) is 5.02 Å². The lowest BCUT2D eigenvalue weighted by Gasteiger charge is -2.17. The van der Waals surface area contributed by atoms with Crippen LogP contribution in [0, 0.1) is 11.3 Å². The highest BCUT2D eigenvalue weighted by molar-refractivity contribution is 6.30. The van der Waals surface area contributed by atoms with Gasteiger partial charge in [-0.3, -0.25) is 9.59 Å². The van der Waals surface area contributed by atoms with Crippen LogP contribution in [0.1, 0.15) is 34.3 Å². The van der Waals surface area contributed by atoms with E-state index in [2.05, 4.69) is 11.4 Å². The summed E-state index contributed by atoms with van der Waals surface area (Å²) in [6.07, 6.45) is 0.899. The van der Waals surface area contributed by atoms with Gasteiger partial charge in [-0.25, -0.2) is 0 Å². The molecule has 2 aromatic carbocycles. The first-order valence-corrected chi connectivity index (χ1v) is 8.64. The van der Waals surface area contributed by atoms with Gasteiger partial charge in [-0.1, -0.05) is 23.7 Å². The van der Waals surface area contributed by atoms with E-state index in [9.17, 15) is 9.59 Å². The molecule has 2 aromatic rings. The molecule has 2 amide bonds. The number of nitrogens with zero attached hydrogens (tertiary/aromatic N) is 2. The zero-order valence-electron chi connectivity index (χ0n) is 14.5. The molecule has 2 rings (SSSR count). The van der Waals surface area contributed by atoms with Crippen LogP contribution in [0.3, 0.4) is 0 Å². The Balaban J connectivity index is 1.73. The van der Waals surface area contributed by atoms with Crippen molar-refractivity contribution in [2.75, 3.05) is 13.6 Å². The van der Waals surface area contributed by atoms with E-state index in [1.165, 1.54) is 0 Å². The Hall–Kier alpha value is -2.84. The Kier molecular flexibility index (Phi) is 7.19. The highest BCUT2D eigenvalue weighted by atomic mass is 35.5. The first-order chi connectivity index (χ1) is 12.5. The maximum Gasteiger partial charge on any atom is 0.251 e. The Morgan fingerprint density at radius 1 is 1.19 bits per heavy atom. The third kappa shape index (κ3) is 5.91. The summed E-state index contributed by atoms with van der Waals surface area (Å²) in [6.45, 7) is 0.871.